The number of benzene rings is 2. The number of hydrogen-bond donors (Lipinski definition) is 1. The third kappa shape index (κ3) is 8.89. The van der Waals surface area contributed by atoms with Crippen LogP contribution in [0.5, 0.6) is 17.2 Å². The summed E-state index contributed by atoms with van der Waals surface area (Å²) in [5.74, 6) is 2.16. The molecule has 0 spiro atoms. The first-order valence-corrected chi connectivity index (χ1v) is 13.1. The highest BCUT2D eigenvalue weighted by molar-refractivity contribution is 5.68. The fraction of sp³-hybridized carbons (Fsp3) is 0.533. The predicted molar refractivity (Wildman–Crippen MR) is 149 cm³/mol. The lowest BCUT2D eigenvalue weighted by Gasteiger charge is -2.23. The molecule has 0 saturated heterocycles. The minimum Gasteiger partial charge on any atom is -0.497 e. The number of nitrogens with one attached hydrogen (secondary N) is 1. The van der Waals surface area contributed by atoms with Gasteiger partial charge in [0.2, 0.25) is 0 Å². The highest BCUT2D eigenvalue weighted by Gasteiger charge is 2.18. The fourth-order valence-corrected chi connectivity index (χ4v) is 4.06. The SMILES string of the molecule is CCCCCCCCCOc1cc(/C=C(\C)N(N=N)c2cc(OC)ccc2OC)cc(C(C)(C)C)c1. The number of allylic oxidation sites excluding steroid dienone is 1. The predicted octanol–water partition coefficient (Wildman–Crippen LogP) is 8.94. The molecule has 6 nitrogen and oxygen atoms in total. The Morgan fingerprint density at radius 2 is 1.61 bits per heavy atom. The minimum atomic E-state index is -0.0232. The van der Waals surface area contributed by atoms with E-state index in [-0.39, 0.29) is 5.41 Å². The van der Waals surface area contributed by atoms with Crippen LogP contribution in [0.3, 0.4) is 0 Å². The maximum absolute atomic E-state index is 7.85. The van der Waals surface area contributed by atoms with E-state index < -0.39 is 0 Å². The Balaban J connectivity index is 2.24. The largest absolute Gasteiger partial charge is 0.497 e. The van der Waals surface area contributed by atoms with Gasteiger partial charge in [-0.05, 0) is 60.2 Å². The molecular weight excluding hydrogens is 450 g/mol. The molecule has 6 heteroatoms. The van der Waals surface area contributed by atoms with Crippen molar-refractivity contribution < 1.29 is 14.2 Å². The highest BCUT2D eigenvalue weighted by atomic mass is 16.5. The van der Waals surface area contributed by atoms with Gasteiger partial charge in [-0.1, -0.05) is 77.5 Å². The van der Waals surface area contributed by atoms with E-state index in [0.717, 1.165) is 30.0 Å². The standard InChI is InChI=1S/C30H45N3O3/c1-8-9-10-11-12-13-14-17-36-27-20-24(19-25(21-27)30(3,4)5)18-23(2)33(32-31)28-22-26(34-6)15-16-29(28)35-7/h15-16,18-22,31H,8-14,17H2,1-7H3/b23-18+,32-31?. The van der Waals surface area contributed by atoms with E-state index in [0.29, 0.717) is 17.2 Å². The maximum atomic E-state index is 7.85. The number of rotatable bonds is 15. The lowest BCUT2D eigenvalue weighted by atomic mass is 9.86. The van der Waals surface area contributed by atoms with Crippen LogP contribution < -0.4 is 19.2 Å². The van der Waals surface area contributed by atoms with E-state index in [1.54, 1.807) is 19.2 Å². The molecule has 0 atom stereocenters. The van der Waals surface area contributed by atoms with Crippen LogP contribution in [-0.2, 0) is 5.41 Å². The quantitative estimate of drug-likeness (QED) is 0.152. The van der Waals surface area contributed by atoms with Crippen molar-refractivity contribution in [3.05, 3.63) is 53.2 Å². The lowest BCUT2D eigenvalue weighted by Crippen LogP contribution is -2.14. The van der Waals surface area contributed by atoms with Gasteiger partial charge < -0.3 is 14.2 Å². The number of hydrogen-bond acceptors (Lipinski definition) is 5. The summed E-state index contributed by atoms with van der Waals surface area (Å²) in [5.41, 5.74) is 11.5. The van der Waals surface area contributed by atoms with Crippen molar-refractivity contribution in [3.63, 3.8) is 0 Å². The van der Waals surface area contributed by atoms with Crippen molar-refractivity contribution in [2.24, 2.45) is 5.22 Å². The van der Waals surface area contributed by atoms with Crippen LogP contribution in [0.2, 0.25) is 0 Å². The molecule has 0 bridgehead atoms. The molecule has 0 unspecified atom stereocenters. The first kappa shape index (κ1) is 29.2. The van der Waals surface area contributed by atoms with Gasteiger partial charge in [-0.3, -0.25) is 0 Å². The van der Waals surface area contributed by atoms with E-state index in [1.807, 2.05) is 31.2 Å². The normalized spacial score (nSPS) is 11.8. The van der Waals surface area contributed by atoms with Crippen molar-refractivity contribution in [1.82, 2.24) is 0 Å². The molecule has 0 heterocycles. The van der Waals surface area contributed by atoms with E-state index >= 15 is 0 Å². The molecule has 2 aromatic rings. The van der Waals surface area contributed by atoms with E-state index in [1.165, 1.54) is 44.1 Å². The molecule has 36 heavy (non-hydrogen) atoms. The molecule has 0 aromatic heterocycles. The first-order chi connectivity index (χ1) is 17.2. The summed E-state index contributed by atoms with van der Waals surface area (Å²) in [6.45, 7) is 11.5. The Bertz CT molecular complexity index is 995. The van der Waals surface area contributed by atoms with Crippen molar-refractivity contribution in [1.29, 1.82) is 5.53 Å². The summed E-state index contributed by atoms with van der Waals surface area (Å²) in [6, 6.07) is 11.8. The molecule has 0 saturated carbocycles. The Morgan fingerprint density at radius 1 is 0.917 bits per heavy atom. The molecular formula is C30H45N3O3. The second kappa shape index (κ2) is 14.5. The molecule has 0 aliphatic heterocycles. The lowest BCUT2D eigenvalue weighted by molar-refractivity contribution is 0.303. The zero-order chi connectivity index (χ0) is 26.6. The van der Waals surface area contributed by atoms with Crippen molar-refractivity contribution in [2.45, 2.75) is 85.0 Å². The van der Waals surface area contributed by atoms with Gasteiger partial charge in [0.1, 0.15) is 22.9 Å². The monoisotopic (exact) mass is 495 g/mol. The van der Waals surface area contributed by atoms with Crippen LogP contribution in [0.4, 0.5) is 5.69 Å². The van der Waals surface area contributed by atoms with Gasteiger partial charge >= 0.3 is 0 Å². The Labute approximate surface area is 218 Å². The molecule has 198 valence electrons. The molecule has 0 radical (unpaired) electrons. The van der Waals surface area contributed by atoms with Crippen LogP contribution in [0, 0.1) is 5.53 Å². The zero-order valence-corrected chi connectivity index (χ0v) is 23.3. The van der Waals surface area contributed by atoms with Crippen LogP contribution in [-0.4, -0.2) is 20.8 Å². The number of nitrogens with zero attached hydrogens (tertiary/aromatic N) is 2. The molecule has 0 fully saturated rings. The summed E-state index contributed by atoms with van der Waals surface area (Å²) in [4.78, 5) is 0. The number of unbranched alkanes of at least 4 members (excludes halogenated alkanes) is 6. The average Bonchev–Trinajstić information content (AvgIpc) is 2.85. The zero-order valence-electron chi connectivity index (χ0n) is 23.3. The summed E-state index contributed by atoms with van der Waals surface area (Å²) in [7, 11) is 3.22. The topological polar surface area (TPSA) is 67.1 Å². The van der Waals surface area contributed by atoms with Crippen LogP contribution >= 0.6 is 0 Å². The smallest absolute Gasteiger partial charge is 0.144 e. The van der Waals surface area contributed by atoms with Crippen molar-refractivity contribution >= 4 is 11.8 Å². The molecule has 1 N–H and O–H groups in total. The van der Waals surface area contributed by atoms with Crippen molar-refractivity contribution in [3.8, 4) is 17.2 Å². The fourth-order valence-electron chi connectivity index (χ4n) is 4.06. The minimum absolute atomic E-state index is 0.0232. The third-order valence-electron chi connectivity index (χ3n) is 6.24. The second-order valence-corrected chi connectivity index (χ2v) is 10.2. The van der Waals surface area contributed by atoms with Gasteiger partial charge in [-0.2, -0.15) is 5.53 Å². The van der Waals surface area contributed by atoms with Gasteiger partial charge in [0.25, 0.3) is 0 Å². The number of anilines is 1. The Kier molecular flexibility index (Phi) is 11.8. The molecule has 2 rings (SSSR count). The summed E-state index contributed by atoms with van der Waals surface area (Å²) >= 11 is 0. The van der Waals surface area contributed by atoms with Gasteiger partial charge in [0.15, 0.2) is 0 Å². The van der Waals surface area contributed by atoms with Crippen LogP contribution in [0.25, 0.3) is 6.08 Å². The van der Waals surface area contributed by atoms with E-state index in [9.17, 15) is 0 Å². The van der Waals surface area contributed by atoms with Gasteiger partial charge in [0, 0.05) is 11.8 Å². The Hall–Kier alpha value is -3.02. The molecule has 0 amide bonds. The van der Waals surface area contributed by atoms with E-state index in [4.69, 9.17) is 19.7 Å². The molecule has 2 aromatic carbocycles. The summed E-state index contributed by atoms with van der Waals surface area (Å²) in [5, 5.41) is 5.32. The van der Waals surface area contributed by atoms with Gasteiger partial charge in [0.05, 0.1) is 20.8 Å². The molecule has 0 aliphatic rings. The van der Waals surface area contributed by atoms with Crippen LogP contribution in [0.15, 0.2) is 47.3 Å². The maximum Gasteiger partial charge on any atom is 0.144 e. The van der Waals surface area contributed by atoms with Gasteiger partial charge in [-0.15, -0.1) is 0 Å². The van der Waals surface area contributed by atoms with Crippen molar-refractivity contribution in [2.75, 3.05) is 25.8 Å². The number of ether oxygens (including phenoxy) is 3. The average molecular weight is 496 g/mol. The number of methoxy groups -OCH3 is 2. The second-order valence-electron chi connectivity index (χ2n) is 10.2. The van der Waals surface area contributed by atoms with E-state index in [2.05, 4.69) is 51.1 Å². The summed E-state index contributed by atoms with van der Waals surface area (Å²) in [6.07, 6.45) is 10.8. The third-order valence-corrected chi connectivity index (χ3v) is 6.24. The molecule has 0 aliphatic carbocycles. The Morgan fingerprint density at radius 3 is 2.22 bits per heavy atom. The summed E-state index contributed by atoms with van der Waals surface area (Å²) < 4.78 is 17.1. The highest BCUT2D eigenvalue weighted by Crippen LogP contribution is 2.35. The van der Waals surface area contributed by atoms with Crippen LogP contribution in [0.1, 0.15) is 90.7 Å². The first-order valence-electron chi connectivity index (χ1n) is 13.1. The van der Waals surface area contributed by atoms with Gasteiger partial charge in [-0.25, -0.2) is 5.01 Å².